The van der Waals surface area contributed by atoms with Crippen LogP contribution in [-0.4, -0.2) is 75.0 Å². The monoisotopic (exact) mass is 493 g/mol. The second kappa shape index (κ2) is 11.5. The molecule has 0 unspecified atom stereocenters. The molecule has 1 aliphatic rings. The molecule has 146 valence electrons. The number of halogens is 2. The lowest BCUT2D eigenvalue weighted by atomic mass is 10.2. The van der Waals surface area contributed by atoms with Crippen LogP contribution in [-0.2, 0) is 4.79 Å². The summed E-state index contributed by atoms with van der Waals surface area (Å²) in [5, 5.41) is 4.09. The van der Waals surface area contributed by atoms with E-state index in [1.807, 2.05) is 18.2 Å². The van der Waals surface area contributed by atoms with Gasteiger partial charge < -0.3 is 20.0 Å². The largest absolute Gasteiger partial charge is 0.368 e. The van der Waals surface area contributed by atoms with Gasteiger partial charge in [0.1, 0.15) is 0 Å². The fraction of sp³-hybridized carbons (Fsp3) is 0.556. The molecule has 6 nitrogen and oxygen atoms in total. The van der Waals surface area contributed by atoms with Crippen LogP contribution in [0.1, 0.15) is 13.3 Å². The first kappa shape index (κ1) is 22.8. The van der Waals surface area contributed by atoms with E-state index in [1.165, 1.54) is 0 Å². The molecule has 0 aliphatic carbocycles. The van der Waals surface area contributed by atoms with Crippen molar-refractivity contribution in [1.29, 1.82) is 0 Å². The van der Waals surface area contributed by atoms with Crippen LogP contribution in [0.15, 0.2) is 29.3 Å². The van der Waals surface area contributed by atoms with Crippen molar-refractivity contribution >= 4 is 53.1 Å². The van der Waals surface area contributed by atoms with Crippen LogP contribution in [0.2, 0.25) is 5.02 Å². The van der Waals surface area contributed by atoms with E-state index in [2.05, 4.69) is 33.1 Å². The normalized spacial score (nSPS) is 14.7. The number of nitrogens with zero attached hydrogens (tertiary/aromatic N) is 4. The Bertz CT molecular complexity index is 603. The minimum Gasteiger partial charge on any atom is -0.368 e. The molecular weight excluding hydrogens is 465 g/mol. The summed E-state index contributed by atoms with van der Waals surface area (Å²) < 4.78 is 0. The average molecular weight is 494 g/mol. The van der Waals surface area contributed by atoms with E-state index in [4.69, 9.17) is 11.6 Å². The molecule has 26 heavy (non-hydrogen) atoms. The van der Waals surface area contributed by atoms with Gasteiger partial charge in [-0.1, -0.05) is 17.7 Å². The number of rotatable bonds is 5. The molecule has 2 rings (SSSR count). The number of amides is 1. The fourth-order valence-electron chi connectivity index (χ4n) is 2.76. The zero-order chi connectivity index (χ0) is 18.2. The van der Waals surface area contributed by atoms with Crippen molar-refractivity contribution < 1.29 is 4.79 Å². The molecule has 1 fully saturated rings. The first-order valence-corrected chi connectivity index (χ1v) is 9.13. The van der Waals surface area contributed by atoms with Gasteiger partial charge in [-0.25, -0.2) is 0 Å². The number of hydrogen-bond acceptors (Lipinski definition) is 3. The predicted molar refractivity (Wildman–Crippen MR) is 120 cm³/mol. The van der Waals surface area contributed by atoms with Gasteiger partial charge in [-0.05, 0) is 25.1 Å². The minimum absolute atomic E-state index is 0. The van der Waals surface area contributed by atoms with Crippen molar-refractivity contribution in [1.82, 2.24) is 15.1 Å². The van der Waals surface area contributed by atoms with Crippen molar-refractivity contribution in [2.24, 2.45) is 4.99 Å². The molecule has 0 radical (unpaired) electrons. The highest BCUT2D eigenvalue weighted by molar-refractivity contribution is 14.0. The number of anilines is 1. The standard InChI is InChI=1S/C18H28ClN5O.HI/c1-4-20-18(21-9-8-17(25)22(2)3)24-12-10-23(11-13-24)16-7-5-6-15(19)14-16;/h5-7,14H,4,8-13H2,1-3H3,(H,20,21);1H. The van der Waals surface area contributed by atoms with Crippen LogP contribution in [0.5, 0.6) is 0 Å². The van der Waals surface area contributed by atoms with E-state index < -0.39 is 0 Å². The number of benzene rings is 1. The molecule has 1 amide bonds. The first-order chi connectivity index (χ1) is 12.0. The summed E-state index contributed by atoms with van der Waals surface area (Å²) in [6, 6.07) is 7.97. The third kappa shape index (κ3) is 6.83. The van der Waals surface area contributed by atoms with Gasteiger partial charge in [0.15, 0.2) is 5.96 Å². The number of hydrogen-bond donors (Lipinski definition) is 1. The Hall–Kier alpha value is -1.22. The highest BCUT2D eigenvalue weighted by Crippen LogP contribution is 2.20. The van der Waals surface area contributed by atoms with Crippen molar-refractivity contribution in [2.45, 2.75) is 13.3 Å². The van der Waals surface area contributed by atoms with Crippen LogP contribution in [0.3, 0.4) is 0 Å². The van der Waals surface area contributed by atoms with Crippen molar-refractivity contribution in [3.05, 3.63) is 29.3 Å². The van der Waals surface area contributed by atoms with E-state index in [1.54, 1.807) is 19.0 Å². The van der Waals surface area contributed by atoms with Gasteiger partial charge in [0, 0.05) is 63.9 Å². The van der Waals surface area contributed by atoms with E-state index in [9.17, 15) is 4.79 Å². The topological polar surface area (TPSA) is 51.2 Å². The molecular formula is C18H29ClIN5O. The maximum Gasteiger partial charge on any atom is 0.223 e. The van der Waals surface area contributed by atoms with E-state index in [0.29, 0.717) is 13.0 Å². The van der Waals surface area contributed by atoms with Gasteiger partial charge in [0.25, 0.3) is 0 Å². The summed E-state index contributed by atoms with van der Waals surface area (Å²) >= 11 is 6.09. The molecule has 0 bridgehead atoms. The number of guanidine groups is 1. The highest BCUT2D eigenvalue weighted by Gasteiger charge is 2.20. The van der Waals surface area contributed by atoms with Gasteiger partial charge in [0.2, 0.25) is 5.91 Å². The number of aliphatic imine (C=N–C) groups is 1. The Morgan fingerprint density at radius 1 is 1.27 bits per heavy atom. The fourth-order valence-corrected chi connectivity index (χ4v) is 2.94. The zero-order valence-corrected chi connectivity index (χ0v) is 18.8. The summed E-state index contributed by atoms with van der Waals surface area (Å²) in [4.78, 5) is 22.5. The maximum absolute atomic E-state index is 11.7. The van der Waals surface area contributed by atoms with Crippen LogP contribution in [0, 0.1) is 0 Å². The second-order valence-corrected chi connectivity index (χ2v) is 6.66. The Morgan fingerprint density at radius 3 is 2.54 bits per heavy atom. The third-order valence-electron chi connectivity index (χ3n) is 4.17. The van der Waals surface area contributed by atoms with Crippen LogP contribution < -0.4 is 10.2 Å². The second-order valence-electron chi connectivity index (χ2n) is 6.23. The lowest BCUT2D eigenvalue weighted by molar-refractivity contribution is -0.128. The smallest absolute Gasteiger partial charge is 0.223 e. The third-order valence-corrected chi connectivity index (χ3v) is 4.41. The van der Waals surface area contributed by atoms with Crippen molar-refractivity contribution in [3.8, 4) is 0 Å². The summed E-state index contributed by atoms with van der Waals surface area (Å²) in [6.45, 7) is 6.99. The number of nitrogens with one attached hydrogen (secondary N) is 1. The van der Waals surface area contributed by atoms with Crippen molar-refractivity contribution in [2.75, 3.05) is 58.3 Å². The highest BCUT2D eigenvalue weighted by atomic mass is 127. The molecule has 0 spiro atoms. The molecule has 0 saturated carbocycles. The minimum atomic E-state index is 0. The molecule has 0 atom stereocenters. The summed E-state index contributed by atoms with van der Waals surface area (Å²) in [7, 11) is 3.54. The Labute approximate surface area is 178 Å². The van der Waals surface area contributed by atoms with Crippen LogP contribution in [0.4, 0.5) is 5.69 Å². The van der Waals surface area contributed by atoms with E-state index >= 15 is 0 Å². The Kier molecular flexibility index (Phi) is 10.1. The molecule has 1 saturated heterocycles. The SMILES string of the molecule is CCNC(=NCCC(=O)N(C)C)N1CCN(c2cccc(Cl)c2)CC1.I. The molecule has 1 N–H and O–H groups in total. The molecule has 1 aromatic rings. The predicted octanol–water partition coefficient (Wildman–Crippen LogP) is 2.52. The van der Waals surface area contributed by atoms with E-state index in [-0.39, 0.29) is 29.9 Å². The molecule has 8 heteroatoms. The number of piperazine rings is 1. The van der Waals surface area contributed by atoms with Gasteiger partial charge in [-0.3, -0.25) is 9.79 Å². The first-order valence-electron chi connectivity index (χ1n) is 8.75. The lowest BCUT2D eigenvalue weighted by Gasteiger charge is -2.37. The summed E-state index contributed by atoms with van der Waals surface area (Å²) in [5.74, 6) is 0.991. The van der Waals surface area contributed by atoms with Gasteiger partial charge in [-0.2, -0.15) is 0 Å². The van der Waals surface area contributed by atoms with Gasteiger partial charge in [-0.15, -0.1) is 24.0 Å². The number of carbonyl (C=O) groups excluding carboxylic acids is 1. The van der Waals surface area contributed by atoms with Crippen molar-refractivity contribution in [3.63, 3.8) is 0 Å². The molecule has 1 aliphatic heterocycles. The molecule has 1 heterocycles. The Balaban J connectivity index is 0.00000338. The van der Waals surface area contributed by atoms with Gasteiger partial charge >= 0.3 is 0 Å². The van der Waals surface area contributed by atoms with Gasteiger partial charge in [0.05, 0.1) is 6.54 Å². The molecule has 1 aromatic carbocycles. The molecule has 0 aromatic heterocycles. The van der Waals surface area contributed by atoms with Crippen LogP contribution >= 0.6 is 35.6 Å². The Morgan fingerprint density at radius 2 is 1.96 bits per heavy atom. The zero-order valence-electron chi connectivity index (χ0n) is 15.7. The lowest BCUT2D eigenvalue weighted by Crippen LogP contribution is -2.52. The quantitative estimate of drug-likeness (QED) is 0.389. The average Bonchev–Trinajstić information content (AvgIpc) is 2.61. The van der Waals surface area contributed by atoms with E-state index in [0.717, 1.165) is 49.4 Å². The summed E-state index contributed by atoms with van der Waals surface area (Å²) in [5.41, 5.74) is 1.16. The van der Waals surface area contributed by atoms with Crippen LogP contribution in [0.25, 0.3) is 0 Å². The maximum atomic E-state index is 11.7. The summed E-state index contributed by atoms with van der Waals surface area (Å²) in [6.07, 6.45) is 0.435. The number of carbonyl (C=O) groups is 1.